The normalized spacial score (nSPS) is 14.0. The van der Waals surface area contributed by atoms with Gasteiger partial charge in [0.05, 0.1) is 17.7 Å². The van der Waals surface area contributed by atoms with E-state index in [9.17, 15) is 19.2 Å². The van der Waals surface area contributed by atoms with Gasteiger partial charge < -0.3 is 9.80 Å². The second-order valence-corrected chi connectivity index (χ2v) is 6.54. The van der Waals surface area contributed by atoms with Gasteiger partial charge in [-0.15, -0.1) is 0 Å². The smallest absolute Gasteiger partial charge is 0.227 e. The third-order valence-electron chi connectivity index (χ3n) is 4.80. The van der Waals surface area contributed by atoms with E-state index >= 15 is 0 Å². The largest absolute Gasteiger partial charge is 0.367 e. The topological polar surface area (TPSA) is 64.4 Å². The molecule has 0 unspecified atom stereocenters. The van der Waals surface area contributed by atoms with Crippen molar-refractivity contribution in [3.05, 3.63) is 65.0 Å². The van der Waals surface area contributed by atoms with Gasteiger partial charge in [0.15, 0.2) is 5.78 Å². The first-order valence-electron chi connectivity index (χ1n) is 8.81. The summed E-state index contributed by atoms with van der Waals surface area (Å²) in [5.74, 6) is -0.540. The van der Waals surface area contributed by atoms with Crippen LogP contribution in [0.25, 0.3) is 0 Å². The molecule has 0 N–H and O–H groups in total. The number of ketones is 1. The minimum Gasteiger partial charge on any atom is -0.367 e. The number of carbonyl (C=O) groups is 2. The minimum atomic E-state index is -0.371. The summed E-state index contributed by atoms with van der Waals surface area (Å²) in [7, 11) is 0. The van der Waals surface area contributed by atoms with Gasteiger partial charge >= 0.3 is 0 Å². The van der Waals surface area contributed by atoms with E-state index in [1.165, 1.54) is 13.0 Å². The minimum absolute atomic E-state index is 0.0376. The van der Waals surface area contributed by atoms with Gasteiger partial charge in [-0.2, -0.15) is 5.26 Å². The van der Waals surface area contributed by atoms with Crippen LogP contribution in [-0.4, -0.2) is 42.8 Å². The fourth-order valence-electron chi connectivity index (χ4n) is 3.22. The Hall–Kier alpha value is -3.20. The van der Waals surface area contributed by atoms with Crippen LogP contribution in [0.5, 0.6) is 0 Å². The standard InChI is InChI=1S/C21H20FN3O2/c1-15(26)16-6-7-18(14-23)20(12-16)24-8-10-25(11-9-24)21(27)13-17-4-2-3-5-19(17)22/h2-7,12H,8-11,13H2,1H3. The van der Waals surface area contributed by atoms with Crippen molar-refractivity contribution in [2.75, 3.05) is 31.1 Å². The average molecular weight is 365 g/mol. The SMILES string of the molecule is CC(=O)c1ccc(C#N)c(N2CCN(C(=O)Cc3ccccc3F)CC2)c1. The molecule has 0 radical (unpaired) electrons. The van der Waals surface area contributed by atoms with Crippen molar-refractivity contribution in [3.8, 4) is 6.07 Å². The number of nitriles is 1. The van der Waals surface area contributed by atoms with Crippen LogP contribution in [0.1, 0.15) is 28.4 Å². The van der Waals surface area contributed by atoms with Crippen LogP contribution in [0.3, 0.4) is 0 Å². The van der Waals surface area contributed by atoms with Crippen LogP contribution >= 0.6 is 0 Å². The molecule has 0 saturated carbocycles. The van der Waals surface area contributed by atoms with E-state index in [0.29, 0.717) is 48.6 Å². The molecule has 2 aromatic carbocycles. The first-order valence-corrected chi connectivity index (χ1v) is 8.81. The average Bonchev–Trinajstić information content (AvgIpc) is 2.69. The first-order chi connectivity index (χ1) is 13.0. The maximum Gasteiger partial charge on any atom is 0.227 e. The van der Waals surface area contributed by atoms with Gasteiger partial charge in [0.25, 0.3) is 0 Å². The molecule has 1 aliphatic rings. The summed E-state index contributed by atoms with van der Waals surface area (Å²) >= 11 is 0. The summed E-state index contributed by atoms with van der Waals surface area (Å²) in [5, 5.41) is 9.35. The quantitative estimate of drug-likeness (QED) is 0.782. The molecule has 6 heteroatoms. The van der Waals surface area contributed by atoms with Gasteiger partial charge in [0.1, 0.15) is 11.9 Å². The number of hydrogen-bond acceptors (Lipinski definition) is 4. The number of benzene rings is 2. The van der Waals surface area contributed by atoms with E-state index in [1.807, 2.05) is 4.90 Å². The van der Waals surface area contributed by atoms with Gasteiger partial charge in [0, 0.05) is 31.7 Å². The van der Waals surface area contributed by atoms with Gasteiger partial charge in [-0.05, 0) is 36.8 Å². The molecule has 5 nitrogen and oxygen atoms in total. The zero-order valence-corrected chi connectivity index (χ0v) is 15.1. The lowest BCUT2D eigenvalue weighted by Gasteiger charge is -2.36. The predicted molar refractivity (Wildman–Crippen MR) is 100 cm³/mol. The Morgan fingerprint density at radius 3 is 2.44 bits per heavy atom. The molecular weight excluding hydrogens is 345 g/mol. The van der Waals surface area contributed by atoms with Crippen LogP contribution in [0, 0.1) is 17.1 Å². The fraction of sp³-hybridized carbons (Fsp3) is 0.286. The molecule has 0 atom stereocenters. The number of anilines is 1. The highest BCUT2D eigenvalue weighted by molar-refractivity contribution is 5.95. The number of halogens is 1. The molecule has 1 saturated heterocycles. The highest BCUT2D eigenvalue weighted by Gasteiger charge is 2.23. The highest BCUT2D eigenvalue weighted by atomic mass is 19.1. The van der Waals surface area contributed by atoms with Crippen molar-refractivity contribution in [3.63, 3.8) is 0 Å². The maximum absolute atomic E-state index is 13.7. The van der Waals surface area contributed by atoms with E-state index in [-0.39, 0.29) is 23.9 Å². The lowest BCUT2D eigenvalue weighted by atomic mass is 10.1. The van der Waals surface area contributed by atoms with Crippen molar-refractivity contribution in [1.82, 2.24) is 4.90 Å². The lowest BCUT2D eigenvalue weighted by molar-refractivity contribution is -0.130. The summed E-state index contributed by atoms with van der Waals surface area (Å²) in [4.78, 5) is 27.8. The number of Topliss-reactive ketones (excluding diaryl/α,β-unsaturated/α-hetero) is 1. The van der Waals surface area contributed by atoms with E-state index in [1.54, 1.807) is 41.3 Å². The van der Waals surface area contributed by atoms with Gasteiger partial charge in [-0.3, -0.25) is 9.59 Å². The summed E-state index contributed by atoms with van der Waals surface area (Å²) < 4.78 is 13.7. The Kier molecular flexibility index (Phi) is 5.51. The monoisotopic (exact) mass is 365 g/mol. The first kappa shape index (κ1) is 18.6. The Balaban J connectivity index is 1.68. The number of rotatable bonds is 4. The summed E-state index contributed by atoms with van der Waals surface area (Å²) in [6.07, 6.45) is 0.0376. The number of piperazine rings is 1. The number of amides is 1. The molecular formula is C21H20FN3O2. The zero-order valence-electron chi connectivity index (χ0n) is 15.1. The number of nitrogens with zero attached hydrogens (tertiary/aromatic N) is 3. The molecule has 0 bridgehead atoms. The molecule has 3 rings (SSSR count). The summed E-state index contributed by atoms with van der Waals surface area (Å²) in [5.41, 5.74) is 2.17. The van der Waals surface area contributed by atoms with E-state index in [0.717, 1.165) is 0 Å². The molecule has 0 aliphatic carbocycles. The lowest BCUT2D eigenvalue weighted by Crippen LogP contribution is -2.49. The maximum atomic E-state index is 13.7. The molecule has 1 amide bonds. The van der Waals surface area contributed by atoms with Crippen LogP contribution in [0.15, 0.2) is 42.5 Å². The molecule has 1 heterocycles. The van der Waals surface area contributed by atoms with Crippen molar-refractivity contribution < 1.29 is 14.0 Å². The third kappa shape index (κ3) is 4.14. The van der Waals surface area contributed by atoms with Crippen molar-refractivity contribution in [2.24, 2.45) is 0 Å². The molecule has 27 heavy (non-hydrogen) atoms. The Morgan fingerprint density at radius 1 is 1.11 bits per heavy atom. The summed E-state index contributed by atoms with van der Waals surface area (Å²) in [6, 6.07) is 13.5. The Bertz CT molecular complexity index is 912. The van der Waals surface area contributed by atoms with Gasteiger partial charge in [0.2, 0.25) is 5.91 Å². The molecule has 138 valence electrons. The highest BCUT2D eigenvalue weighted by Crippen LogP contribution is 2.24. The van der Waals surface area contributed by atoms with Crippen LogP contribution < -0.4 is 4.90 Å². The molecule has 1 fully saturated rings. The van der Waals surface area contributed by atoms with E-state index < -0.39 is 0 Å². The van der Waals surface area contributed by atoms with Crippen LogP contribution in [0.4, 0.5) is 10.1 Å². The van der Waals surface area contributed by atoms with Gasteiger partial charge in [-0.1, -0.05) is 18.2 Å². The molecule has 1 aliphatic heterocycles. The Labute approximate surface area is 157 Å². The van der Waals surface area contributed by atoms with Crippen molar-refractivity contribution >= 4 is 17.4 Å². The zero-order chi connectivity index (χ0) is 19.4. The van der Waals surface area contributed by atoms with E-state index in [2.05, 4.69) is 6.07 Å². The third-order valence-corrected chi connectivity index (χ3v) is 4.80. The van der Waals surface area contributed by atoms with E-state index in [4.69, 9.17) is 0 Å². The van der Waals surface area contributed by atoms with Crippen LogP contribution in [0.2, 0.25) is 0 Å². The Morgan fingerprint density at radius 2 is 1.81 bits per heavy atom. The van der Waals surface area contributed by atoms with Crippen LogP contribution in [-0.2, 0) is 11.2 Å². The molecule has 2 aromatic rings. The summed E-state index contributed by atoms with van der Waals surface area (Å²) in [6.45, 7) is 3.58. The van der Waals surface area contributed by atoms with Crippen molar-refractivity contribution in [2.45, 2.75) is 13.3 Å². The fourth-order valence-corrected chi connectivity index (χ4v) is 3.22. The molecule has 0 spiro atoms. The molecule has 0 aromatic heterocycles. The van der Waals surface area contributed by atoms with Gasteiger partial charge in [-0.25, -0.2) is 4.39 Å². The van der Waals surface area contributed by atoms with Crippen molar-refractivity contribution in [1.29, 1.82) is 5.26 Å². The second-order valence-electron chi connectivity index (χ2n) is 6.54. The number of carbonyl (C=O) groups excluding carboxylic acids is 2. The predicted octanol–water partition coefficient (Wildman–Crippen LogP) is 2.79. The number of hydrogen-bond donors (Lipinski definition) is 0. The second kappa shape index (κ2) is 8.00.